The van der Waals surface area contributed by atoms with Gasteiger partial charge >= 0.3 is 0 Å². The standard InChI is InChI=1S/C23H34N2O11/c1-11(28)24-16-19(31)18(30)14(8-26)34-23(16)36-21-15(9-27)35-22(17(20(21)32)25-12(2)29)33-10-13-6-4-3-5-7-13/h3-7,14-23,26-27,30-32H,8-10H2,1-2H3,(H,24,28)(H,25,29)/t14-,15+,16-,17-,18+,19+,20+,21+,22+,23-/m0/s1. The topological polar surface area (TPSA) is 196 Å². The number of carbonyl (C=O) groups excluding carboxylic acids is 2. The third-order valence-electron chi connectivity index (χ3n) is 6.02. The molecule has 2 aliphatic heterocycles. The zero-order chi connectivity index (χ0) is 26.4. The minimum Gasteiger partial charge on any atom is -0.394 e. The monoisotopic (exact) mass is 514 g/mol. The van der Waals surface area contributed by atoms with E-state index in [0.717, 1.165) is 5.56 Å². The second kappa shape index (κ2) is 12.9. The Balaban J connectivity index is 1.82. The van der Waals surface area contributed by atoms with Crippen LogP contribution in [0.25, 0.3) is 0 Å². The number of carbonyl (C=O) groups is 2. The average Bonchev–Trinajstić information content (AvgIpc) is 2.85. The smallest absolute Gasteiger partial charge is 0.217 e. The first-order valence-electron chi connectivity index (χ1n) is 11.6. The van der Waals surface area contributed by atoms with E-state index in [4.69, 9.17) is 18.9 Å². The van der Waals surface area contributed by atoms with Gasteiger partial charge in [-0.15, -0.1) is 0 Å². The van der Waals surface area contributed by atoms with Crippen molar-refractivity contribution in [3.05, 3.63) is 35.9 Å². The van der Waals surface area contributed by atoms with Gasteiger partial charge in [0, 0.05) is 13.8 Å². The van der Waals surface area contributed by atoms with Crippen LogP contribution in [0.4, 0.5) is 0 Å². The normalized spacial score (nSPS) is 36.8. The molecule has 10 atom stereocenters. The predicted molar refractivity (Wildman–Crippen MR) is 121 cm³/mol. The van der Waals surface area contributed by atoms with E-state index in [1.165, 1.54) is 13.8 Å². The zero-order valence-corrected chi connectivity index (χ0v) is 20.0. The summed E-state index contributed by atoms with van der Waals surface area (Å²) < 4.78 is 23.1. The van der Waals surface area contributed by atoms with Gasteiger partial charge in [-0.1, -0.05) is 30.3 Å². The molecule has 7 N–H and O–H groups in total. The van der Waals surface area contributed by atoms with Gasteiger partial charge < -0.3 is 55.1 Å². The molecule has 0 bridgehead atoms. The molecule has 2 heterocycles. The van der Waals surface area contributed by atoms with Crippen LogP contribution in [-0.2, 0) is 35.1 Å². The van der Waals surface area contributed by atoms with Crippen molar-refractivity contribution in [3.8, 4) is 0 Å². The largest absolute Gasteiger partial charge is 0.394 e. The van der Waals surface area contributed by atoms with Gasteiger partial charge in [0.1, 0.15) is 48.7 Å². The number of aliphatic hydroxyl groups is 5. The molecule has 0 radical (unpaired) electrons. The molecule has 13 heteroatoms. The van der Waals surface area contributed by atoms with Crippen LogP contribution in [0.2, 0.25) is 0 Å². The number of aliphatic hydroxyl groups excluding tert-OH is 5. The molecule has 2 saturated heterocycles. The summed E-state index contributed by atoms with van der Waals surface area (Å²) in [5, 5.41) is 56.4. The summed E-state index contributed by atoms with van der Waals surface area (Å²) in [4.78, 5) is 23.6. The van der Waals surface area contributed by atoms with Crippen molar-refractivity contribution in [1.82, 2.24) is 10.6 Å². The van der Waals surface area contributed by atoms with Crippen molar-refractivity contribution in [2.45, 2.75) is 81.7 Å². The van der Waals surface area contributed by atoms with Gasteiger partial charge in [0.25, 0.3) is 0 Å². The van der Waals surface area contributed by atoms with E-state index in [-0.39, 0.29) is 6.61 Å². The van der Waals surface area contributed by atoms with Crippen LogP contribution in [0.15, 0.2) is 30.3 Å². The number of hydrogen-bond acceptors (Lipinski definition) is 11. The minimum atomic E-state index is -1.58. The van der Waals surface area contributed by atoms with E-state index in [1.807, 2.05) is 30.3 Å². The Kier molecular flexibility index (Phi) is 10.1. The van der Waals surface area contributed by atoms with Crippen LogP contribution in [0.3, 0.4) is 0 Å². The second-order valence-corrected chi connectivity index (χ2v) is 8.77. The maximum absolute atomic E-state index is 11.9. The highest BCUT2D eigenvalue weighted by atomic mass is 16.7. The molecule has 1 aromatic rings. The summed E-state index contributed by atoms with van der Waals surface area (Å²) in [6, 6.07) is 6.73. The van der Waals surface area contributed by atoms with Crippen molar-refractivity contribution in [2.24, 2.45) is 0 Å². The van der Waals surface area contributed by atoms with Crippen molar-refractivity contribution >= 4 is 11.8 Å². The van der Waals surface area contributed by atoms with E-state index >= 15 is 0 Å². The number of hydrogen-bond donors (Lipinski definition) is 7. The third-order valence-corrected chi connectivity index (χ3v) is 6.02. The van der Waals surface area contributed by atoms with Crippen LogP contribution < -0.4 is 10.6 Å². The third kappa shape index (κ3) is 6.76. The van der Waals surface area contributed by atoms with Crippen LogP contribution in [0.5, 0.6) is 0 Å². The van der Waals surface area contributed by atoms with Gasteiger partial charge in [-0.2, -0.15) is 0 Å². The van der Waals surface area contributed by atoms with Crippen molar-refractivity contribution in [2.75, 3.05) is 13.2 Å². The maximum Gasteiger partial charge on any atom is 0.217 e. The molecule has 2 amide bonds. The van der Waals surface area contributed by atoms with Crippen molar-refractivity contribution in [3.63, 3.8) is 0 Å². The van der Waals surface area contributed by atoms with Gasteiger partial charge in [0.15, 0.2) is 12.6 Å². The summed E-state index contributed by atoms with van der Waals surface area (Å²) in [6.45, 7) is 1.24. The first-order valence-corrected chi connectivity index (χ1v) is 11.6. The van der Waals surface area contributed by atoms with Gasteiger partial charge in [-0.05, 0) is 5.56 Å². The molecule has 0 spiro atoms. The number of benzene rings is 1. The Morgan fingerprint density at radius 2 is 1.39 bits per heavy atom. The minimum absolute atomic E-state index is 0.0938. The Bertz CT molecular complexity index is 860. The van der Waals surface area contributed by atoms with Crippen molar-refractivity contribution in [1.29, 1.82) is 0 Å². The fraction of sp³-hybridized carbons (Fsp3) is 0.652. The fourth-order valence-electron chi connectivity index (χ4n) is 4.26. The molecule has 0 aromatic heterocycles. The summed E-state index contributed by atoms with van der Waals surface area (Å²) in [5.74, 6) is -1.04. The van der Waals surface area contributed by atoms with Gasteiger partial charge in [0.2, 0.25) is 11.8 Å². The lowest BCUT2D eigenvalue weighted by Gasteiger charge is -2.48. The van der Waals surface area contributed by atoms with Crippen molar-refractivity contribution < 1.29 is 54.1 Å². The lowest BCUT2D eigenvalue weighted by molar-refractivity contribution is -0.333. The highest BCUT2D eigenvalue weighted by molar-refractivity contribution is 5.73. The maximum atomic E-state index is 11.9. The first kappa shape index (κ1) is 28.4. The SMILES string of the molecule is CC(=O)N[C@@H]1[C@H](OCc2ccccc2)O[C@H](CO)[C@@H](O[C@@H]2O[C@@H](CO)[C@@H](O)[C@H](O)[C@@H]2NC(C)=O)[C@@H]1O. The molecule has 36 heavy (non-hydrogen) atoms. The zero-order valence-electron chi connectivity index (χ0n) is 20.0. The summed E-state index contributed by atoms with van der Waals surface area (Å²) >= 11 is 0. The van der Waals surface area contributed by atoms with Gasteiger partial charge in [-0.3, -0.25) is 9.59 Å². The lowest BCUT2D eigenvalue weighted by Crippen LogP contribution is -2.69. The Labute approximate surface area is 207 Å². The number of ether oxygens (including phenoxy) is 4. The molecule has 0 saturated carbocycles. The summed E-state index contributed by atoms with van der Waals surface area (Å²) in [5.41, 5.74) is 0.812. The quantitative estimate of drug-likeness (QED) is 0.179. The molecule has 13 nitrogen and oxygen atoms in total. The molecule has 202 valence electrons. The molecular weight excluding hydrogens is 480 g/mol. The molecular formula is C23H34N2O11. The molecule has 0 aliphatic carbocycles. The summed E-state index contributed by atoms with van der Waals surface area (Å²) in [7, 11) is 0. The van der Waals surface area contributed by atoms with E-state index in [9.17, 15) is 35.1 Å². The number of nitrogens with one attached hydrogen (secondary N) is 2. The molecule has 2 fully saturated rings. The number of amides is 2. The molecule has 3 rings (SSSR count). The Morgan fingerprint density at radius 1 is 0.833 bits per heavy atom. The van der Waals surface area contributed by atoms with Crippen LogP contribution >= 0.6 is 0 Å². The molecule has 2 aliphatic rings. The molecule has 1 aromatic carbocycles. The summed E-state index contributed by atoms with van der Waals surface area (Å²) in [6.07, 6.45) is -11.0. The highest BCUT2D eigenvalue weighted by Gasteiger charge is 2.51. The molecule has 0 unspecified atom stereocenters. The van der Waals surface area contributed by atoms with Gasteiger partial charge in [-0.25, -0.2) is 0 Å². The van der Waals surface area contributed by atoms with E-state index in [0.29, 0.717) is 0 Å². The Hall–Kier alpha value is -2.20. The van der Waals surface area contributed by atoms with Crippen LogP contribution in [0, 0.1) is 0 Å². The Morgan fingerprint density at radius 3 is 1.94 bits per heavy atom. The van der Waals surface area contributed by atoms with Crippen LogP contribution in [0.1, 0.15) is 19.4 Å². The van der Waals surface area contributed by atoms with Crippen LogP contribution in [-0.4, -0.2) is 112 Å². The number of rotatable bonds is 9. The average molecular weight is 515 g/mol. The first-order chi connectivity index (χ1) is 17.2. The second-order valence-electron chi connectivity index (χ2n) is 8.77. The van der Waals surface area contributed by atoms with Gasteiger partial charge in [0.05, 0.1) is 19.8 Å². The van der Waals surface area contributed by atoms with E-state index in [1.54, 1.807) is 0 Å². The van der Waals surface area contributed by atoms with E-state index < -0.39 is 86.3 Å². The lowest BCUT2D eigenvalue weighted by atomic mass is 9.94. The fourth-order valence-corrected chi connectivity index (χ4v) is 4.26. The van der Waals surface area contributed by atoms with E-state index in [2.05, 4.69) is 10.6 Å². The highest BCUT2D eigenvalue weighted by Crippen LogP contribution is 2.30. The predicted octanol–water partition coefficient (Wildman–Crippen LogP) is -2.89.